The Labute approximate surface area is 203 Å². The molecule has 2 aromatic carbocycles. The molecule has 2 heterocycles. The van der Waals surface area contributed by atoms with Gasteiger partial charge in [0.1, 0.15) is 10.8 Å². The summed E-state index contributed by atoms with van der Waals surface area (Å²) in [6.45, 7) is 3.11. The van der Waals surface area contributed by atoms with E-state index in [9.17, 15) is 9.18 Å². The van der Waals surface area contributed by atoms with Crippen LogP contribution in [0.15, 0.2) is 59.5 Å². The van der Waals surface area contributed by atoms with E-state index in [1.54, 1.807) is 18.3 Å². The summed E-state index contributed by atoms with van der Waals surface area (Å²) in [5.41, 5.74) is 2.73. The van der Waals surface area contributed by atoms with E-state index in [2.05, 4.69) is 15.3 Å². The topological polar surface area (TPSA) is 59.4 Å². The summed E-state index contributed by atoms with van der Waals surface area (Å²) >= 11 is 6.40. The molecule has 1 aliphatic heterocycles. The van der Waals surface area contributed by atoms with Gasteiger partial charge < -0.3 is 15.0 Å². The number of nitrogens with one attached hydrogen (secondary N) is 1. The molecule has 0 radical (unpaired) electrons. The van der Waals surface area contributed by atoms with Crippen LogP contribution in [-0.4, -0.2) is 36.1 Å². The molecule has 1 saturated heterocycles. The van der Waals surface area contributed by atoms with Gasteiger partial charge in [-0.25, -0.2) is 4.39 Å². The van der Waals surface area contributed by atoms with Gasteiger partial charge in [0, 0.05) is 31.1 Å². The molecule has 0 amide bonds. The van der Waals surface area contributed by atoms with Crippen molar-refractivity contribution in [3.63, 3.8) is 0 Å². The van der Waals surface area contributed by atoms with Crippen LogP contribution in [0.3, 0.4) is 0 Å². The summed E-state index contributed by atoms with van der Waals surface area (Å²) in [6, 6.07) is 14.2. The van der Waals surface area contributed by atoms with E-state index >= 15 is 0 Å². The Balaban J connectivity index is 1.34. The minimum Gasteiger partial charge on any atom is -0.382 e. The molecule has 1 aromatic heterocycles. The maximum Gasteiger partial charge on any atom is 0.292 e. The summed E-state index contributed by atoms with van der Waals surface area (Å²) in [4.78, 5) is 15.1. The van der Waals surface area contributed by atoms with Crippen molar-refractivity contribution in [1.82, 2.24) is 9.78 Å². The summed E-state index contributed by atoms with van der Waals surface area (Å²) < 4.78 is 20.3. The maximum absolute atomic E-state index is 13.4. The third-order valence-electron chi connectivity index (χ3n) is 6.44. The van der Waals surface area contributed by atoms with Gasteiger partial charge in [-0.1, -0.05) is 11.6 Å². The summed E-state index contributed by atoms with van der Waals surface area (Å²) in [5, 5.41) is 7.72. The predicted molar refractivity (Wildman–Crippen MR) is 133 cm³/mol. The molecule has 2 aliphatic rings. The van der Waals surface area contributed by atoms with E-state index < -0.39 is 0 Å². The van der Waals surface area contributed by atoms with E-state index in [0.717, 1.165) is 44.0 Å². The molecule has 1 N–H and O–H groups in total. The fourth-order valence-corrected chi connectivity index (χ4v) is 4.47. The lowest BCUT2D eigenvalue weighted by molar-refractivity contribution is 0.0595. The lowest BCUT2D eigenvalue weighted by Gasteiger charge is -2.25. The number of aromatic nitrogens is 2. The molecule has 1 saturated carbocycles. The Bertz CT molecular complexity index is 1170. The molecule has 178 valence electrons. The zero-order valence-electron chi connectivity index (χ0n) is 18.9. The lowest BCUT2D eigenvalue weighted by atomic mass is 10.0. The Morgan fingerprint density at radius 3 is 2.41 bits per heavy atom. The van der Waals surface area contributed by atoms with Crippen molar-refractivity contribution in [1.29, 1.82) is 0 Å². The van der Waals surface area contributed by atoms with Crippen molar-refractivity contribution in [3.05, 3.63) is 75.9 Å². The van der Waals surface area contributed by atoms with Gasteiger partial charge in [0.25, 0.3) is 5.56 Å². The normalized spacial score (nSPS) is 18.0. The first kappa shape index (κ1) is 22.9. The monoisotopic (exact) mass is 482 g/mol. The molecule has 2 fully saturated rings. The number of nitrogens with zero attached hydrogens (tertiary/aromatic N) is 3. The minimum absolute atomic E-state index is 0.123. The number of anilines is 3. The Kier molecular flexibility index (Phi) is 6.83. The number of rotatable bonds is 8. The Hall–Kier alpha value is -2.90. The molecule has 3 aromatic rings. The van der Waals surface area contributed by atoms with Crippen molar-refractivity contribution in [2.75, 3.05) is 36.5 Å². The molecular formula is C26H28ClFN4O2. The van der Waals surface area contributed by atoms with Crippen LogP contribution in [0.4, 0.5) is 21.5 Å². The van der Waals surface area contributed by atoms with Crippen LogP contribution in [0.5, 0.6) is 0 Å². The lowest BCUT2D eigenvalue weighted by Crippen LogP contribution is -2.27. The van der Waals surface area contributed by atoms with Crippen molar-refractivity contribution < 1.29 is 9.13 Å². The third kappa shape index (κ3) is 5.26. The first-order chi connectivity index (χ1) is 16.6. The summed E-state index contributed by atoms with van der Waals surface area (Å²) in [7, 11) is 0. The van der Waals surface area contributed by atoms with Crippen molar-refractivity contribution in [3.8, 4) is 5.69 Å². The number of benzene rings is 2. The summed E-state index contributed by atoms with van der Waals surface area (Å²) in [5.74, 6) is 0.797. The SMILES string of the molecule is O=c1c(Cl)c(NC[C@@H]2CCCOC2)cnn1-c1ccc(N(CC2CC2)c2ccc(F)cc2)cc1. The third-order valence-corrected chi connectivity index (χ3v) is 6.80. The highest BCUT2D eigenvalue weighted by atomic mass is 35.5. The highest BCUT2D eigenvalue weighted by Crippen LogP contribution is 2.35. The second kappa shape index (κ2) is 10.2. The molecular weight excluding hydrogens is 455 g/mol. The molecule has 1 aliphatic carbocycles. The molecule has 5 rings (SSSR count). The van der Waals surface area contributed by atoms with Gasteiger partial charge in [-0.15, -0.1) is 0 Å². The summed E-state index contributed by atoms with van der Waals surface area (Å²) in [6.07, 6.45) is 6.16. The average molecular weight is 483 g/mol. The molecule has 0 unspecified atom stereocenters. The van der Waals surface area contributed by atoms with Crippen LogP contribution in [0.2, 0.25) is 5.02 Å². The fourth-order valence-electron chi connectivity index (χ4n) is 4.28. The average Bonchev–Trinajstić information content (AvgIpc) is 3.69. The molecule has 0 spiro atoms. The van der Waals surface area contributed by atoms with Crippen LogP contribution in [-0.2, 0) is 4.74 Å². The Morgan fingerprint density at radius 2 is 1.76 bits per heavy atom. The van der Waals surface area contributed by atoms with Crippen LogP contribution in [0, 0.1) is 17.7 Å². The van der Waals surface area contributed by atoms with Gasteiger partial charge in [-0.2, -0.15) is 9.78 Å². The van der Waals surface area contributed by atoms with E-state index in [1.165, 1.54) is 29.7 Å². The first-order valence-electron chi connectivity index (χ1n) is 11.8. The van der Waals surface area contributed by atoms with E-state index in [4.69, 9.17) is 16.3 Å². The van der Waals surface area contributed by atoms with E-state index in [0.29, 0.717) is 29.8 Å². The predicted octanol–water partition coefficient (Wildman–Crippen LogP) is 5.41. The van der Waals surface area contributed by atoms with Crippen LogP contribution < -0.4 is 15.8 Å². The molecule has 1 atom stereocenters. The van der Waals surface area contributed by atoms with Crippen molar-refractivity contribution in [2.24, 2.45) is 11.8 Å². The van der Waals surface area contributed by atoms with E-state index in [1.807, 2.05) is 24.3 Å². The molecule has 0 bridgehead atoms. The fraction of sp³-hybridized carbons (Fsp3) is 0.385. The van der Waals surface area contributed by atoms with Gasteiger partial charge in [0.2, 0.25) is 0 Å². The quantitative estimate of drug-likeness (QED) is 0.465. The highest BCUT2D eigenvalue weighted by Gasteiger charge is 2.25. The van der Waals surface area contributed by atoms with Gasteiger partial charge in [0.15, 0.2) is 0 Å². The van der Waals surface area contributed by atoms with Crippen LogP contribution in [0.25, 0.3) is 5.69 Å². The zero-order chi connectivity index (χ0) is 23.5. The second-order valence-electron chi connectivity index (χ2n) is 9.10. The highest BCUT2D eigenvalue weighted by molar-refractivity contribution is 6.32. The Morgan fingerprint density at radius 1 is 1.06 bits per heavy atom. The molecule has 8 heteroatoms. The first-order valence-corrected chi connectivity index (χ1v) is 12.2. The number of hydrogen-bond acceptors (Lipinski definition) is 5. The standard InChI is InChI=1S/C26H28ClFN4O2/c27-25-24(29-14-19-2-1-13-34-17-19)15-30-32(26(25)33)23-11-9-22(10-12-23)31(16-18-3-4-18)21-7-5-20(28)6-8-21/h5-12,15,18-19,29H,1-4,13-14,16-17H2/t19-/m0/s1. The van der Waals surface area contributed by atoms with Gasteiger partial charge >= 0.3 is 0 Å². The zero-order valence-corrected chi connectivity index (χ0v) is 19.7. The minimum atomic E-state index is -0.368. The maximum atomic E-state index is 13.4. The second-order valence-corrected chi connectivity index (χ2v) is 9.48. The molecule has 6 nitrogen and oxygen atoms in total. The number of ether oxygens (including phenoxy) is 1. The van der Waals surface area contributed by atoms with Gasteiger partial charge in [-0.3, -0.25) is 4.79 Å². The number of halogens is 2. The molecule has 34 heavy (non-hydrogen) atoms. The van der Waals surface area contributed by atoms with Crippen molar-refractivity contribution >= 4 is 28.7 Å². The van der Waals surface area contributed by atoms with Crippen molar-refractivity contribution in [2.45, 2.75) is 25.7 Å². The van der Waals surface area contributed by atoms with E-state index in [-0.39, 0.29) is 16.4 Å². The van der Waals surface area contributed by atoms with Gasteiger partial charge in [0.05, 0.1) is 24.2 Å². The van der Waals surface area contributed by atoms with Crippen LogP contribution >= 0.6 is 11.6 Å². The largest absolute Gasteiger partial charge is 0.382 e. The smallest absolute Gasteiger partial charge is 0.292 e. The van der Waals surface area contributed by atoms with Gasteiger partial charge in [-0.05, 0) is 86.1 Å². The number of hydrogen-bond donors (Lipinski definition) is 1. The van der Waals surface area contributed by atoms with Crippen LogP contribution in [0.1, 0.15) is 25.7 Å².